The molecule has 2 saturated heterocycles. The molecule has 1 N–H and O–H groups in total. The normalized spacial score (nSPS) is 36.7. The Balaban J connectivity index is 1.21. The van der Waals surface area contributed by atoms with Crippen LogP contribution in [0.15, 0.2) is 48.6 Å². The fraction of sp³-hybridized carbons (Fsp3) is 0.605. The van der Waals surface area contributed by atoms with Crippen molar-refractivity contribution in [3.05, 3.63) is 70.3 Å². The SMILES string of the molecule is C[C@@H]1[C@@H](C)C/C=C\[C@]2(CN3CCOC[C@@H]3CO2)[C@@H]2CC[C@H]2CN2C[C@@]3(CCCc4cc(Cl)ccc43)COc3ccc(cc32)C(=O)NS1(=O)=O. The molecule has 6 aliphatic rings. The van der Waals surface area contributed by atoms with Crippen LogP contribution in [-0.2, 0) is 31.3 Å². The highest BCUT2D eigenvalue weighted by Gasteiger charge is 2.52. The number of hydrogen-bond donors (Lipinski definition) is 1. The first-order chi connectivity index (χ1) is 23.6. The molecule has 0 radical (unpaired) electrons. The van der Waals surface area contributed by atoms with Gasteiger partial charge in [-0.25, -0.2) is 13.1 Å². The monoisotopic (exact) mass is 709 g/mol. The Morgan fingerprint density at radius 2 is 1.94 bits per heavy atom. The van der Waals surface area contributed by atoms with E-state index in [2.05, 4.69) is 38.8 Å². The number of carbonyl (C=O) groups is 1. The minimum absolute atomic E-state index is 0.205. The highest BCUT2D eigenvalue weighted by molar-refractivity contribution is 7.90. The summed E-state index contributed by atoms with van der Waals surface area (Å²) in [6, 6.07) is 11.9. The maximum Gasteiger partial charge on any atom is 0.264 e. The van der Waals surface area contributed by atoms with Crippen molar-refractivity contribution >= 4 is 33.2 Å². The molecule has 11 heteroatoms. The number of sulfonamides is 1. The lowest BCUT2D eigenvalue weighted by Gasteiger charge is -2.56. The number of nitrogens with zero attached hydrogens (tertiary/aromatic N) is 2. The maximum atomic E-state index is 13.6. The number of anilines is 1. The fourth-order valence-corrected chi connectivity index (χ4v) is 10.8. The first-order valence-electron chi connectivity index (χ1n) is 18.1. The molecule has 2 spiro atoms. The van der Waals surface area contributed by atoms with E-state index >= 15 is 0 Å². The van der Waals surface area contributed by atoms with Crippen molar-refractivity contribution in [2.24, 2.45) is 17.8 Å². The van der Waals surface area contributed by atoms with E-state index in [1.807, 2.05) is 25.1 Å². The minimum Gasteiger partial charge on any atom is -0.490 e. The van der Waals surface area contributed by atoms with Crippen LogP contribution in [0.25, 0.3) is 0 Å². The molecule has 0 aromatic heterocycles. The molecule has 1 amide bonds. The lowest BCUT2D eigenvalue weighted by atomic mass is 9.63. The quantitative estimate of drug-likeness (QED) is 0.366. The molecule has 2 aliphatic carbocycles. The van der Waals surface area contributed by atoms with Gasteiger partial charge in [0.05, 0.1) is 43.4 Å². The second kappa shape index (κ2) is 12.9. The van der Waals surface area contributed by atoms with Crippen LogP contribution in [0.3, 0.4) is 0 Å². The molecular formula is C38H48ClN3O6S. The minimum atomic E-state index is -3.94. The van der Waals surface area contributed by atoms with Crippen molar-refractivity contribution in [1.82, 2.24) is 9.62 Å². The summed E-state index contributed by atoms with van der Waals surface area (Å²) in [5.74, 6) is 0.557. The summed E-state index contributed by atoms with van der Waals surface area (Å²) in [4.78, 5) is 18.6. The smallest absolute Gasteiger partial charge is 0.264 e. The molecule has 2 bridgehead atoms. The van der Waals surface area contributed by atoms with Crippen molar-refractivity contribution in [2.75, 3.05) is 57.5 Å². The van der Waals surface area contributed by atoms with Crippen molar-refractivity contribution < 1.29 is 27.4 Å². The number of nitrogens with one attached hydrogen (secondary N) is 1. The second-order valence-corrected chi connectivity index (χ2v) is 18.0. The van der Waals surface area contributed by atoms with Gasteiger partial charge >= 0.3 is 0 Å². The predicted octanol–water partition coefficient (Wildman–Crippen LogP) is 5.35. The topological polar surface area (TPSA) is 97.4 Å². The van der Waals surface area contributed by atoms with Gasteiger partial charge in [0.25, 0.3) is 5.91 Å². The first-order valence-corrected chi connectivity index (χ1v) is 20.0. The number of halogens is 1. The van der Waals surface area contributed by atoms with Gasteiger partial charge in [-0.2, -0.15) is 0 Å². The van der Waals surface area contributed by atoms with Gasteiger partial charge in [0, 0.05) is 42.2 Å². The second-order valence-electron chi connectivity index (χ2n) is 15.5. The number of aryl methyl sites for hydroxylation is 1. The number of allylic oxidation sites excluding steroid dienone is 1. The summed E-state index contributed by atoms with van der Waals surface area (Å²) < 4.78 is 48.8. The van der Waals surface area contributed by atoms with E-state index in [4.69, 9.17) is 25.8 Å². The van der Waals surface area contributed by atoms with E-state index in [-0.39, 0.29) is 17.4 Å². The number of morpholine rings is 2. The van der Waals surface area contributed by atoms with Crippen LogP contribution >= 0.6 is 11.6 Å². The fourth-order valence-electron chi connectivity index (χ4n) is 9.34. The van der Waals surface area contributed by atoms with E-state index in [9.17, 15) is 13.2 Å². The maximum absolute atomic E-state index is 13.6. The van der Waals surface area contributed by atoms with Crippen LogP contribution in [0.2, 0.25) is 5.02 Å². The summed E-state index contributed by atoms with van der Waals surface area (Å²) >= 11 is 6.48. The van der Waals surface area contributed by atoms with Crippen molar-refractivity contribution in [1.29, 1.82) is 0 Å². The number of hydrogen-bond acceptors (Lipinski definition) is 8. The third-order valence-electron chi connectivity index (χ3n) is 12.6. The number of amides is 1. The third kappa shape index (κ3) is 6.09. The summed E-state index contributed by atoms with van der Waals surface area (Å²) in [7, 11) is -3.94. The Labute approximate surface area is 295 Å². The molecule has 0 unspecified atom stereocenters. The zero-order chi connectivity index (χ0) is 34.0. The van der Waals surface area contributed by atoms with E-state index in [0.29, 0.717) is 43.6 Å². The molecule has 9 nitrogen and oxygen atoms in total. The number of rotatable bonds is 0. The van der Waals surface area contributed by atoms with Crippen LogP contribution in [0.5, 0.6) is 5.75 Å². The lowest BCUT2D eigenvalue weighted by Crippen LogP contribution is -2.65. The summed E-state index contributed by atoms with van der Waals surface area (Å²) in [5.41, 5.74) is 2.98. The number of ether oxygens (including phenoxy) is 3. The number of benzene rings is 2. The molecule has 4 heterocycles. The zero-order valence-electron chi connectivity index (χ0n) is 28.5. The molecule has 3 fully saturated rings. The average Bonchev–Trinajstić information content (AvgIpc) is 3.22. The molecule has 4 aliphatic heterocycles. The highest BCUT2D eigenvalue weighted by Crippen LogP contribution is 2.50. The summed E-state index contributed by atoms with van der Waals surface area (Å²) in [5, 5.41) is -0.0173. The molecule has 2 aromatic rings. The molecule has 7 atom stereocenters. The predicted molar refractivity (Wildman–Crippen MR) is 190 cm³/mol. The van der Waals surface area contributed by atoms with E-state index < -0.39 is 26.8 Å². The van der Waals surface area contributed by atoms with Gasteiger partial charge in [0.15, 0.2) is 0 Å². The van der Waals surface area contributed by atoms with E-state index in [1.54, 1.807) is 13.0 Å². The molecule has 264 valence electrons. The first kappa shape index (κ1) is 33.5. The highest BCUT2D eigenvalue weighted by atomic mass is 35.5. The molecular weight excluding hydrogens is 662 g/mol. The van der Waals surface area contributed by atoms with Crippen molar-refractivity contribution in [3.8, 4) is 5.75 Å². The number of carbonyl (C=O) groups excluding carboxylic acids is 1. The van der Waals surface area contributed by atoms with Crippen LogP contribution in [0.1, 0.15) is 67.4 Å². The largest absolute Gasteiger partial charge is 0.490 e. The molecule has 8 rings (SSSR count). The van der Waals surface area contributed by atoms with E-state index in [0.717, 1.165) is 81.3 Å². The van der Waals surface area contributed by atoms with Crippen LogP contribution in [0.4, 0.5) is 5.69 Å². The Hall–Kier alpha value is -2.63. The van der Waals surface area contributed by atoms with Gasteiger partial charge < -0.3 is 19.1 Å². The van der Waals surface area contributed by atoms with Crippen LogP contribution < -0.4 is 14.4 Å². The molecule has 1 saturated carbocycles. The zero-order valence-corrected chi connectivity index (χ0v) is 30.1. The third-order valence-corrected chi connectivity index (χ3v) is 14.7. The summed E-state index contributed by atoms with van der Waals surface area (Å²) in [6.07, 6.45) is 10.1. The Bertz CT molecular complexity index is 1750. The van der Waals surface area contributed by atoms with Gasteiger partial charge in [0.1, 0.15) is 11.4 Å². The van der Waals surface area contributed by atoms with Crippen molar-refractivity contribution in [2.45, 2.75) is 74.7 Å². The van der Waals surface area contributed by atoms with Crippen LogP contribution in [0, 0.1) is 17.8 Å². The Morgan fingerprint density at radius 3 is 2.78 bits per heavy atom. The van der Waals surface area contributed by atoms with Gasteiger partial charge in [-0.15, -0.1) is 0 Å². The van der Waals surface area contributed by atoms with Crippen molar-refractivity contribution in [3.63, 3.8) is 0 Å². The standard InChI is InChI=1S/C38H48ClN3O6S/c1-25-5-3-14-38(23-41-15-16-46-20-31(41)21-48-38)33-10-7-29(33)19-42-22-37(13-4-6-27-17-30(39)9-11-32(27)37)24-47-35-12-8-28(18-34(35)42)36(43)40-49(44,45)26(25)2/h3,8-9,11-12,14,17-18,25-26,29,31,33H,4-7,10,13,15-16,19-24H2,1-2H3,(H,40,43)/b14-3-/t25-,26+,29-,31+,33+,37-,38-/m0/s1. The average molecular weight is 710 g/mol. The number of fused-ring (bicyclic) bond motifs is 6. The van der Waals surface area contributed by atoms with Gasteiger partial charge in [-0.05, 0) is 105 Å². The molecule has 2 aromatic carbocycles. The van der Waals surface area contributed by atoms with Gasteiger partial charge in [-0.1, -0.05) is 36.7 Å². The Kier molecular flexibility index (Phi) is 8.79. The Morgan fingerprint density at radius 1 is 1.06 bits per heavy atom. The van der Waals surface area contributed by atoms with E-state index in [1.165, 1.54) is 11.1 Å². The summed E-state index contributed by atoms with van der Waals surface area (Å²) in [6.45, 7) is 9.37. The van der Waals surface area contributed by atoms with Crippen LogP contribution in [-0.4, -0.2) is 88.7 Å². The van der Waals surface area contributed by atoms with Gasteiger partial charge in [0.2, 0.25) is 10.0 Å². The molecule has 49 heavy (non-hydrogen) atoms. The van der Waals surface area contributed by atoms with Gasteiger partial charge in [-0.3, -0.25) is 9.69 Å². The lowest BCUT2D eigenvalue weighted by molar-refractivity contribution is -0.186.